The number of carbonyl (C=O) groups is 2. The molecule has 0 amide bonds. The average molecular weight is 289 g/mol. The SMILES string of the molecule is CCCC(=O)c1cc2c(=O)c(OC(=O)O)c[nH]c2cc1C. The van der Waals surface area contributed by atoms with Gasteiger partial charge in [-0.2, -0.15) is 0 Å². The Morgan fingerprint density at radius 1 is 1.33 bits per heavy atom. The molecule has 2 rings (SSSR count). The topological polar surface area (TPSA) is 96.5 Å². The number of hydrogen-bond donors (Lipinski definition) is 2. The monoisotopic (exact) mass is 289 g/mol. The van der Waals surface area contributed by atoms with Gasteiger partial charge in [-0.15, -0.1) is 0 Å². The molecule has 110 valence electrons. The highest BCUT2D eigenvalue weighted by Gasteiger charge is 2.14. The number of aromatic amines is 1. The predicted octanol–water partition coefficient (Wildman–Crippen LogP) is 2.88. The normalized spacial score (nSPS) is 10.6. The molecule has 1 heterocycles. The maximum atomic E-state index is 12.2. The summed E-state index contributed by atoms with van der Waals surface area (Å²) in [4.78, 5) is 37.6. The van der Waals surface area contributed by atoms with Crippen molar-refractivity contribution in [3.8, 4) is 5.75 Å². The molecular formula is C15H15NO5. The van der Waals surface area contributed by atoms with Crippen LogP contribution in [-0.2, 0) is 0 Å². The van der Waals surface area contributed by atoms with Crippen LogP contribution in [0.25, 0.3) is 10.9 Å². The number of Topliss-reactive ketones (excluding diaryl/α,β-unsaturated/α-hetero) is 1. The summed E-state index contributed by atoms with van der Waals surface area (Å²) in [6.07, 6.45) is 0.755. The number of benzene rings is 1. The summed E-state index contributed by atoms with van der Waals surface area (Å²) in [6, 6.07) is 3.19. The van der Waals surface area contributed by atoms with E-state index in [9.17, 15) is 14.4 Å². The van der Waals surface area contributed by atoms with E-state index in [0.29, 0.717) is 17.5 Å². The van der Waals surface area contributed by atoms with Crippen LogP contribution in [0.15, 0.2) is 23.1 Å². The number of H-pyrrole nitrogens is 1. The molecule has 0 unspecified atom stereocenters. The molecule has 0 aliphatic heterocycles. The molecule has 0 atom stereocenters. The lowest BCUT2D eigenvalue weighted by atomic mass is 9.99. The van der Waals surface area contributed by atoms with Crippen molar-refractivity contribution in [2.45, 2.75) is 26.7 Å². The Labute approximate surface area is 120 Å². The van der Waals surface area contributed by atoms with Crippen LogP contribution in [0.3, 0.4) is 0 Å². The molecule has 2 aromatic rings. The highest BCUT2D eigenvalue weighted by atomic mass is 16.7. The number of ether oxygens (including phenoxy) is 1. The number of hydrogen-bond acceptors (Lipinski definition) is 4. The minimum absolute atomic E-state index is 0.0409. The van der Waals surface area contributed by atoms with Gasteiger partial charge in [-0.1, -0.05) is 6.92 Å². The highest BCUT2D eigenvalue weighted by molar-refractivity contribution is 6.01. The van der Waals surface area contributed by atoms with Crippen LogP contribution in [0.2, 0.25) is 0 Å². The number of rotatable bonds is 4. The Kier molecular flexibility index (Phi) is 4.07. The van der Waals surface area contributed by atoms with E-state index in [1.165, 1.54) is 12.3 Å². The Morgan fingerprint density at radius 2 is 2.05 bits per heavy atom. The number of aryl methyl sites for hydroxylation is 1. The molecule has 0 radical (unpaired) electrons. The first kappa shape index (κ1) is 14.8. The number of aromatic nitrogens is 1. The molecular weight excluding hydrogens is 274 g/mol. The first-order valence-electron chi connectivity index (χ1n) is 6.54. The first-order chi connectivity index (χ1) is 9.93. The predicted molar refractivity (Wildman–Crippen MR) is 77.2 cm³/mol. The van der Waals surface area contributed by atoms with E-state index < -0.39 is 11.6 Å². The fraction of sp³-hybridized carbons (Fsp3) is 0.267. The van der Waals surface area contributed by atoms with Gasteiger partial charge < -0.3 is 14.8 Å². The summed E-state index contributed by atoms with van der Waals surface area (Å²) >= 11 is 0. The summed E-state index contributed by atoms with van der Waals surface area (Å²) in [7, 11) is 0. The standard InChI is InChI=1S/C15H15NO5/c1-3-4-12(17)9-6-10-11(5-8(9)2)16-7-13(14(10)18)21-15(19)20/h5-7H,3-4H2,1-2H3,(H,16,18)(H,19,20). The Balaban J connectivity index is 2.63. The number of fused-ring (bicyclic) bond motifs is 1. The van der Waals surface area contributed by atoms with Crippen LogP contribution in [0.1, 0.15) is 35.7 Å². The van der Waals surface area contributed by atoms with Crippen LogP contribution in [0, 0.1) is 6.92 Å². The summed E-state index contributed by atoms with van der Waals surface area (Å²) in [5, 5.41) is 8.83. The number of carbonyl (C=O) groups excluding carboxylic acids is 1. The van der Waals surface area contributed by atoms with E-state index in [1.807, 2.05) is 6.92 Å². The third kappa shape index (κ3) is 2.94. The van der Waals surface area contributed by atoms with Crippen LogP contribution in [-0.4, -0.2) is 22.0 Å². The Morgan fingerprint density at radius 3 is 2.67 bits per heavy atom. The molecule has 2 N–H and O–H groups in total. The van der Waals surface area contributed by atoms with Crippen molar-refractivity contribution in [1.29, 1.82) is 0 Å². The maximum absolute atomic E-state index is 12.2. The lowest BCUT2D eigenvalue weighted by Gasteiger charge is -2.08. The van der Waals surface area contributed by atoms with Crippen molar-refractivity contribution >= 4 is 22.8 Å². The lowest BCUT2D eigenvalue weighted by Crippen LogP contribution is -2.14. The molecule has 0 aliphatic carbocycles. The van der Waals surface area contributed by atoms with Crippen LogP contribution >= 0.6 is 0 Å². The molecule has 0 aliphatic rings. The maximum Gasteiger partial charge on any atom is 0.511 e. The highest BCUT2D eigenvalue weighted by Crippen LogP contribution is 2.19. The molecule has 6 nitrogen and oxygen atoms in total. The van der Waals surface area contributed by atoms with E-state index >= 15 is 0 Å². The second-order valence-electron chi connectivity index (χ2n) is 4.74. The van der Waals surface area contributed by atoms with Gasteiger partial charge >= 0.3 is 6.16 Å². The van der Waals surface area contributed by atoms with Crippen molar-refractivity contribution < 1.29 is 19.4 Å². The van der Waals surface area contributed by atoms with Gasteiger partial charge in [0.15, 0.2) is 11.5 Å². The number of pyridine rings is 1. The van der Waals surface area contributed by atoms with E-state index in [1.54, 1.807) is 13.0 Å². The summed E-state index contributed by atoms with van der Waals surface area (Å²) < 4.78 is 4.42. The van der Waals surface area contributed by atoms with Crippen molar-refractivity contribution in [1.82, 2.24) is 4.98 Å². The van der Waals surface area contributed by atoms with Crippen molar-refractivity contribution in [2.75, 3.05) is 0 Å². The minimum atomic E-state index is -1.56. The third-order valence-corrected chi connectivity index (χ3v) is 3.17. The Bertz CT molecular complexity index is 775. The molecule has 0 spiro atoms. The summed E-state index contributed by atoms with van der Waals surface area (Å²) in [5.74, 6) is -0.353. The Hall–Kier alpha value is -2.63. The van der Waals surface area contributed by atoms with Crippen LogP contribution in [0.5, 0.6) is 5.75 Å². The smallest absolute Gasteiger partial charge is 0.449 e. The zero-order chi connectivity index (χ0) is 15.6. The van der Waals surface area contributed by atoms with Crippen LogP contribution in [0.4, 0.5) is 4.79 Å². The molecule has 6 heteroatoms. The van der Waals surface area contributed by atoms with Crippen molar-refractivity contribution in [3.63, 3.8) is 0 Å². The van der Waals surface area contributed by atoms with Gasteiger partial charge in [-0.3, -0.25) is 9.59 Å². The van der Waals surface area contributed by atoms with Gasteiger partial charge in [0, 0.05) is 23.7 Å². The third-order valence-electron chi connectivity index (χ3n) is 3.17. The molecule has 0 bridgehead atoms. The quantitative estimate of drug-likeness (QED) is 0.666. The second-order valence-corrected chi connectivity index (χ2v) is 4.74. The summed E-state index contributed by atoms with van der Waals surface area (Å²) in [5.41, 5.74) is 1.21. The van der Waals surface area contributed by atoms with Crippen LogP contribution < -0.4 is 10.2 Å². The fourth-order valence-electron chi connectivity index (χ4n) is 2.19. The molecule has 0 fully saturated rings. The van der Waals surface area contributed by atoms with Crippen molar-refractivity contribution in [2.24, 2.45) is 0 Å². The van der Waals surface area contributed by atoms with Gasteiger partial charge in [0.25, 0.3) is 0 Å². The van der Waals surface area contributed by atoms with Gasteiger partial charge in [-0.25, -0.2) is 4.79 Å². The average Bonchev–Trinajstić information content (AvgIpc) is 2.41. The van der Waals surface area contributed by atoms with Gasteiger partial charge in [0.2, 0.25) is 5.43 Å². The number of ketones is 1. The summed E-state index contributed by atoms with van der Waals surface area (Å²) in [6.45, 7) is 3.70. The van der Waals surface area contributed by atoms with E-state index in [-0.39, 0.29) is 16.9 Å². The van der Waals surface area contributed by atoms with Gasteiger partial charge in [0.1, 0.15) is 0 Å². The number of nitrogens with one attached hydrogen (secondary N) is 1. The van der Waals surface area contributed by atoms with Crippen molar-refractivity contribution in [3.05, 3.63) is 39.7 Å². The van der Waals surface area contributed by atoms with E-state index in [4.69, 9.17) is 5.11 Å². The molecule has 1 aromatic heterocycles. The molecule has 21 heavy (non-hydrogen) atoms. The van der Waals surface area contributed by atoms with E-state index in [0.717, 1.165) is 12.0 Å². The lowest BCUT2D eigenvalue weighted by molar-refractivity contribution is 0.0981. The molecule has 1 aromatic carbocycles. The molecule has 0 saturated carbocycles. The molecule has 0 saturated heterocycles. The zero-order valence-corrected chi connectivity index (χ0v) is 11.7. The second kappa shape index (κ2) is 5.78. The minimum Gasteiger partial charge on any atom is -0.449 e. The largest absolute Gasteiger partial charge is 0.511 e. The van der Waals surface area contributed by atoms with Gasteiger partial charge in [0.05, 0.1) is 5.39 Å². The van der Waals surface area contributed by atoms with Gasteiger partial charge in [-0.05, 0) is 31.0 Å². The van der Waals surface area contributed by atoms with E-state index in [2.05, 4.69) is 9.72 Å². The number of carboxylic acid groups (broad SMARTS) is 1. The zero-order valence-electron chi connectivity index (χ0n) is 11.7. The fourth-order valence-corrected chi connectivity index (χ4v) is 2.19. The first-order valence-corrected chi connectivity index (χ1v) is 6.54.